The van der Waals surface area contributed by atoms with Crippen LogP contribution in [0, 0.1) is 15.3 Å². The van der Waals surface area contributed by atoms with Gasteiger partial charge in [0.15, 0.2) is 0 Å². The zero-order chi connectivity index (χ0) is 9.84. The van der Waals surface area contributed by atoms with Gasteiger partial charge in [-0.15, -0.1) is 0 Å². The van der Waals surface area contributed by atoms with Gasteiger partial charge in [0.1, 0.15) is 5.82 Å². The Morgan fingerprint density at radius 3 is 2.62 bits per heavy atom. The lowest BCUT2D eigenvalue weighted by Gasteiger charge is -2.09. The van der Waals surface area contributed by atoms with Crippen LogP contribution >= 0.6 is 22.6 Å². The molecular formula is C10H13FIN. The van der Waals surface area contributed by atoms with Crippen molar-refractivity contribution in [2.45, 2.75) is 13.8 Å². The molecule has 72 valence electrons. The van der Waals surface area contributed by atoms with Crippen LogP contribution in [0.2, 0.25) is 0 Å². The van der Waals surface area contributed by atoms with Crippen molar-refractivity contribution < 1.29 is 4.39 Å². The normalized spacial score (nSPS) is 10.5. The van der Waals surface area contributed by atoms with Crippen LogP contribution in [-0.2, 0) is 0 Å². The van der Waals surface area contributed by atoms with Crippen molar-refractivity contribution in [1.29, 1.82) is 0 Å². The number of halogens is 2. The minimum atomic E-state index is -0.182. The molecule has 13 heavy (non-hydrogen) atoms. The first-order chi connectivity index (χ1) is 6.08. The second-order valence-corrected chi connectivity index (χ2v) is 4.68. The van der Waals surface area contributed by atoms with E-state index in [1.807, 2.05) is 6.07 Å². The lowest BCUT2D eigenvalue weighted by molar-refractivity contribution is 0.626. The summed E-state index contributed by atoms with van der Waals surface area (Å²) in [5.74, 6) is 0.388. The van der Waals surface area contributed by atoms with E-state index in [9.17, 15) is 4.39 Å². The van der Waals surface area contributed by atoms with Gasteiger partial charge in [-0.2, -0.15) is 0 Å². The maximum atomic E-state index is 12.9. The third-order valence-electron chi connectivity index (χ3n) is 1.58. The van der Waals surface area contributed by atoms with E-state index in [4.69, 9.17) is 0 Å². The SMILES string of the molecule is CC(C)CNc1cc(F)cc(I)c1. The summed E-state index contributed by atoms with van der Waals surface area (Å²) in [6.45, 7) is 5.12. The Kier molecular flexibility index (Phi) is 3.96. The largest absolute Gasteiger partial charge is 0.385 e. The fraction of sp³-hybridized carbons (Fsp3) is 0.400. The van der Waals surface area contributed by atoms with Crippen LogP contribution in [-0.4, -0.2) is 6.54 Å². The summed E-state index contributed by atoms with van der Waals surface area (Å²) in [5.41, 5.74) is 0.859. The average Bonchev–Trinajstić information content (AvgIpc) is 1.99. The van der Waals surface area contributed by atoms with Crippen molar-refractivity contribution in [3.63, 3.8) is 0 Å². The molecular weight excluding hydrogens is 280 g/mol. The molecule has 0 aliphatic carbocycles. The van der Waals surface area contributed by atoms with Gasteiger partial charge >= 0.3 is 0 Å². The number of nitrogens with one attached hydrogen (secondary N) is 1. The minimum absolute atomic E-state index is 0.182. The van der Waals surface area contributed by atoms with Crippen LogP contribution in [0.3, 0.4) is 0 Å². The highest BCUT2D eigenvalue weighted by atomic mass is 127. The summed E-state index contributed by atoms with van der Waals surface area (Å²) in [4.78, 5) is 0. The molecule has 0 amide bonds. The first-order valence-corrected chi connectivity index (χ1v) is 5.36. The van der Waals surface area contributed by atoms with E-state index in [0.717, 1.165) is 15.8 Å². The number of anilines is 1. The van der Waals surface area contributed by atoms with Gasteiger partial charge in [-0.25, -0.2) is 4.39 Å². The summed E-state index contributed by atoms with van der Waals surface area (Å²) in [6, 6.07) is 4.97. The van der Waals surface area contributed by atoms with Crippen LogP contribution in [0.1, 0.15) is 13.8 Å². The molecule has 1 aromatic rings. The number of hydrogen-bond acceptors (Lipinski definition) is 1. The predicted octanol–water partition coefficient (Wildman–Crippen LogP) is 3.50. The van der Waals surface area contributed by atoms with Gasteiger partial charge in [-0.1, -0.05) is 13.8 Å². The minimum Gasteiger partial charge on any atom is -0.385 e. The quantitative estimate of drug-likeness (QED) is 0.841. The van der Waals surface area contributed by atoms with Crippen LogP contribution in [0.4, 0.5) is 10.1 Å². The van der Waals surface area contributed by atoms with Crippen LogP contribution in [0.25, 0.3) is 0 Å². The van der Waals surface area contributed by atoms with E-state index in [1.165, 1.54) is 12.1 Å². The summed E-state index contributed by atoms with van der Waals surface area (Å²) < 4.78 is 13.8. The molecule has 0 unspecified atom stereocenters. The van der Waals surface area contributed by atoms with Gasteiger partial charge in [0.25, 0.3) is 0 Å². The zero-order valence-corrected chi connectivity index (χ0v) is 9.93. The van der Waals surface area contributed by atoms with Gasteiger partial charge < -0.3 is 5.32 Å². The highest BCUT2D eigenvalue weighted by Crippen LogP contribution is 2.15. The first kappa shape index (κ1) is 10.8. The van der Waals surface area contributed by atoms with E-state index in [0.29, 0.717) is 5.92 Å². The van der Waals surface area contributed by atoms with Crippen molar-refractivity contribution in [3.8, 4) is 0 Å². The molecule has 0 fully saturated rings. The van der Waals surface area contributed by atoms with Crippen molar-refractivity contribution in [3.05, 3.63) is 27.6 Å². The molecule has 0 heterocycles. The van der Waals surface area contributed by atoms with Gasteiger partial charge in [0.05, 0.1) is 0 Å². The standard InChI is InChI=1S/C10H13FIN/c1-7(2)6-13-10-4-8(11)3-9(12)5-10/h3-5,7,13H,6H2,1-2H3. The molecule has 0 aromatic heterocycles. The smallest absolute Gasteiger partial charge is 0.126 e. The second-order valence-electron chi connectivity index (χ2n) is 3.43. The van der Waals surface area contributed by atoms with E-state index in [-0.39, 0.29) is 5.82 Å². The first-order valence-electron chi connectivity index (χ1n) is 4.28. The highest BCUT2D eigenvalue weighted by molar-refractivity contribution is 14.1. The molecule has 0 saturated carbocycles. The zero-order valence-electron chi connectivity index (χ0n) is 7.77. The molecule has 0 aliphatic heterocycles. The topological polar surface area (TPSA) is 12.0 Å². The van der Waals surface area contributed by atoms with Crippen LogP contribution in [0.5, 0.6) is 0 Å². The fourth-order valence-electron chi connectivity index (χ4n) is 0.978. The monoisotopic (exact) mass is 293 g/mol. The number of rotatable bonds is 3. The maximum absolute atomic E-state index is 12.9. The van der Waals surface area contributed by atoms with Crippen LogP contribution in [0.15, 0.2) is 18.2 Å². The van der Waals surface area contributed by atoms with Crippen molar-refractivity contribution >= 4 is 28.3 Å². The molecule has 1 rings (SSSR count). The number of hydrogen-bond donors (Lipinski definition) is 1. The van der Waals surface area contributed by atoms with Gasteiger partial charge in [0, 0.05) is 15.8 Å². The Labute approximate surface area is 91.9 Å². The molecule has 3 heteroatoms. The molecule has 1 aromatic carbocycles. The van der Waals surface area contributed by atoms with E-state index < -0.39 is 0 Å². The Balaban J connectivity index is 2.66. The van der Waals surface area contributed by atoms with E-state index >= 15 is 0 Å². The Bertz CT molecular complexity index is 266. The molecule has 0 atom stereocenters. The third-order valence-corrected chi connectivity index (χ3v) is 2.20. The maximum Gasteiger partial charge on any atom is 0.126 e. The molecule has 0 aliphatic rings. The predicted molar refractivity (Wildman–Crippen MR) is 62.4 cm³/mol. The summed E-state index contributed by atoms with van der Waals surface area (Å²) in [5, 5.41) is 3.18. The van der Waals surface area contributed by atoms with E-state index in [1.54, 1.807) is 0 Å². The lowest BCUT2D eigenvalue weighted by Crippen LogP contribution is -2.08. The van der Waals surface area contributed by atoms with Crippen molar-refractivity contribution in [2.24, 2.45) is 5.92 Å². The molecule has 1 N–H and O–H groups in total. The van der Waals surface area contributed by atoms with Gasteiger partial charge in [-0.05, 0) is 46.7 Å². The Morgan fingerprint density at radius 1 is 1.38 bits per heavy atom. The average molecular weight is 293 g/mol. The lowest BCUT2D eigenvalue weighted by atomic mass is 10.2. The molecule has 0 radical (unpaired) electrons. The Hall–Kier alpha value is -0.320. The third kappa shape index (κ3) is 3.93. The van der Waals surface area contributed by atoms with Crippen molar-refractivity contribution in [1.82, 2.24) is 0 Å². The summed E-state index contributed by atoms with van der Waals surface area (Å²) >= 11 is 2.11. The van der Waals surface area contributed by atoms with Crippen LogP contribution < -0.4 is 5.32 Å². The molecule has 1 nitrogen and oxygen atoms in total. The van der Waals surface area contributed by atoms with Gasteiger partial charge in [0.2, 0.25) is 0 Å². The summed E-state index contributed by atoms with van der Waals surface area (Å²) in [6.07, 6.45) is 0. The molecule has 0 spiro atoms. The fourth-order valence-corrected chi connectivity index (χ4v) is 1.61. The highest BCUT2D eigenvalue weighted by Gasteiger charge is 1.99. The summed E-state index contributed by atoms with van der Waals surface area (Å²) in [7, 11) is 0. The Morgan fingerprint density at radius 2 is 2.08 bits per heavy atom. The number of benzene rings is 1. The van der Waals surface area contributed by atoms with Crippen molar-refractivity contribution in [2.75, 3.05) is 11.9 Å². The molecule has 0 saturated heterocycles. The molecule has 0 bridgehead atoms. The second kappa shape index (κ2) is 4.79. The van der Waals surface area contributed by atoms with Gasteiger partial charge in [-0.3, -0.25) is 0 Å². The van der Waals surface area contributed by atoms with E-state index in [2.05, 4.69) is 41.8 Å².